The Morgan fingerprint density at radius 2 is 1.87 bits per heavy atom. The molecule has 0 spiro atoms. The Morgan fingerprint density at radius 1 is 1.03 bits per heavy atom. The highest BCUT2D eigenvalue weighted by Gasteiger charge is 2.36. The Labute approximate surface area is 174 Å². The average molecular weight is 411 g/mol. The number of hydrogen-bond acceptors (Lipinski definition) is 3. The number of likely N-dealkylation sites (tertiary alicyclic amines) is 1. The third kappa shape index (κ3) is 4.45. The second kappa shape index (κ2) is 8.81. The van der Waals surface area contributed by atoms with Crippen molar-refractivity contribution in [2.45, 2.75) is 38.1 Å². The molecule has 0 aliphatic carbocycles. The van der Waals surface area contributed by atoms with Gasteiger partial charge in [-0.15, -0.1) is 0 Å². The summed E-state index contributed by atoms with van der Waals surface area (Å²) in [7, 11) is 0. The Kier molecular flexibility index (Phi) is 5.97. The number of carbonyl (C=O) groups excluding carboxylic acids is 2. The number of benzene rings is 1. The van der Waals surface area contributed by atoms with Gasteiger partial charge in [-0.1, -0.05) is 24.3 Å². The van der Waals surface area contributed by atoms with E-state index in [1.54, 1.807) is 30.3 Å². The molecule has 7 heteroatoms. The third-order valence-corrected chi connectivity index (χ3v) is 6.07. The van der Waals surface area contributed by atoms with Crippen LogP contribution in [0.1, 0.15) is 36.4 Å². The van der Waals surface area contributed by atoms with Gasteiger partial charge >= 0.3 is 0 Å². The minimum atomic E-state index is -0.276. The van der Waals surface area contributed by atoms with Crippen LogP contribution in [0.4, 0.5) is 4.39 Å². The van der Waals surface area contributed by atoms with Crippen molar-refractivity contribution in [3.05, 3.63) is 69.9 Å². The molecular weight excluding hydrogens is 385 g/mol. The van der Waals surface area contributed by atoms with Crippen molar-refractivity contribution in [2.75, 3.05) is 19.6 Å². The van der Waals surface area contributed by atoms with Gasteiger partial charge in [-0.3, -0.25) is 14.4 Å². The lowest BCUT2D eigenvalue weighted by atomic mass is 9.83. The number of fused-ring (bicyclic) bond motifs is 4. The number of hydrogen-bond donors (Lipinski definition) is 1. The zero-order valence-electron chi connectivity index (χ0n) is 16.9. The average Bonchev–Trinajstić information content (AvgIpc) is 2.74. The Bertz CT molecular complexity index is 1000. The maximum Gasteiger partial charge on any atom is 0.250 e. The summed E-state index contributed by atoms with van der Waals surface area (Å²) in [6, 6.07) is 11.8. The molecule has 1 N–H and O–H groups in total. The van der Waals surface area contributed by atoms with Gasteiger partial charge in [0.15, 0.2) is 0 Å². The topological polar surface area (TPSA) is 71.4 Å². The van der Waals surface area contributed by atoms with Crippen LogP contribution in [0.15, 0.2) is 47.3 Å². The molecule has 1 aromatic carbocycles. The molecule has 0 radical (unpaired) electrons. The van der Waals surface area contributed by atoms with Crippen LogP contribution < -0.4 is 10.9 Å². The number of aromatic nitrogens is 1. The SMILES string of the molecule is O=C(CCC(=O)N1CC2C[C@H](C1)Cn1c2cccc1=O)NCCc1ccccc1F. The molecule has 0 saturated carbocycles. The molecule has 1 unspecified atom stereocenters. The van der Waals surface area contributed by atoms with Crippen LogP contribution in [0.25, 0.3) is 0 Å². The van der Waals surface area contributed by atoms with Crippen LogP contribution in [-0.4, -0.2) is 40.9 Å². The minimum Gasteiger partial charge on any atom is -0.356 e. The molecule has 2 aliphatic heterocycles. The molecule has 4 rings (SSSR count). The summed E-state index contributed by atoms with van der Waals surface area (Å²) in [5, 5.41) is 2.76. The maximum absolute atomic E-state index is 13.6. The largest absolute Gasteiger partial charge is 0.356 e. The predicted octanol–water partition coefficient (Wildman–Crippen LogP) is 2.07. The fourth-order valence-corrected chi connectivity index (χ4v) is 4.60. The number of carbonyl (C=O) groups is 2. The fraction of sp³-hybridized carbons (Fsp3) is 0.435. The van der Waals surface area contributed by atoms with Crippen LogP contribution in [-0.2, 0) is 22.6 Å². The van der Waals surface area contributed by atoms with Crippen molar-refractivity contribution in [1.29, 1.82) is 0 Å². The highest BCUT2D eigenvalue weighted by molar-refractivity contribution is 5.83. The zero-order valence-corrected chi connectivity index (χ0v) is 16.9. The van der Waals surface area contributed by atoms with Gasteiger partial charge in [-0.2, -0.15) is 0 Å². The van der Waals surface area contributed by atoms with E-state index in [1.165, 1.54) is 6.07 Å². The van der Waals surface area contributed by atoms with Gasteiger partial charge < -0.3 is 14.8 Å². The van der Waals surface area contributed by atoms with Gasteiger partial charge in [0.1, 0.15) is 5.82 Å². The first-order valence-corrected chi connectivity index (χ1v) is 10.5. The van der Waals surface area contributed by atoms with E-state index in [2.05, 4.69) is 5.32 Å². The van der Waals surface area contributed by atoms with Crippen molar-refractivity contribution in [3.8, 4) is 0 Å². The summed E-state index contributed by atoms with van der Waals surface area (Å²) in [5.74, 6) is -0.0595. The van der Waals surface area contributed by atoms with Gasteiger partial charge in [0.05, 0.1) is 0 Å². The van der Waals surface area contributed by atoms with Crippen LogP contribution in [0, 0.1) is 11.7 Å². The molecule has 1 saturated heterocycles. The number of pyridine rings is 1. The van der Waals surface area contributed by atoms with Crippen molar-refractivity contribution >= 4 is 11.8 Å². The lowest BCUT2D eigenvalue weighted by Crippen LogP contribution is -2.49. The van der Waals surface area contributed by atoms with E-state index in [4.69, 9.17) is 0 Å². The summed E-state index contributed by atoms with van der Waals surface area (Å²) in [4.78, 5) is 38.7. The van der Waals surface area contributed by atoms with Crippen molar-refractivity contribution < 1.29 is 14.0 Å². The Morgan fingerprint density at radius 3 is 2.70 bits per heavy atom. The number of halogens is 1. The molecule has 6 nitrogen and oxygen atoms in total. The van der Waals surface area contributed by atoms with Crippen LogP contribution in [0.5, 0.6) is 0 Å². The normalized spacial score (nSPS) is 19.8. The van der Waals surface area contributed by atoms with Crippen LogP contribution in [0.2, 0.25) is 0 Å². The van der Waals surface area contributed by atoms with Crippen molar-refractivity contribution in [3.63, 3.8) is 0 Å². The smallest absolute Gasteiger partial charge is 0.250 e. The van der Waals surface area contributed by atoms with Crippen molar-refractivity contribution in [2.24, 2.45) is 5.92 Å². The molecular formula is C23H26FN3O3. The quantitative estimate of drug-likeness (QED) is 0.791. The lowest BCUT2D eigenvalue weighted by Gasteiger charge is -2.42. The number of rotatable bonds is 6. The van der Waals surface area contributed by atoms with Gasteiger partial charge in [0.2, 0.25) is 11.8 Å². The molecule has 158 valence electrons. The van der Waals surface area contributed by atoms with E-state index in [9.17, 15) is 18.8 Å². The molecule has 30 heavy (non-hydrogen) atoms. The van der Waals surface area contributed by atoms with Gasteiger partial charge in [0, 0.05) is 56.7 Å². The molecule has 3 heterocycles. The zero-order chi connectivity index (χ0) is 21.1. The van der Waals surface area contributed by atoms with Gasteiger partial charge in [-0.25, -0.2) is 4.39 Å². The second-order valence-electron chi connectivity index (χ2n) is 8.19. The first-order chi connectivity index (χ1) is 14.5. The van der Waals surface area contributed by atoms with Crippen molar-refractivity contribution in [1.82, 2.24) is 14.8 Å². The molecule has 1 fully saturated rings. The summed E-state index contributed by atoms with van der Waals surface area (Å²) in [5.41, 5.74) is 1.59. The second-order valence-corrected chi connectivity index (χ2v) is 8.19. The summed E-state index contributed by atoms with van der Waals surface area (Å²) < 4.78 is 15.4. The third-order valence-electron chi connectivity index (χ3n) is 6.07. The fourth-order valence-electron chi connectivity index (χ4n) is 4.60. The summed E-state index contributed by atoms with van der Waals surface area (Å²) in [6.07, 6.45) is 1.69. The van der Waals surface area contributed by atoms with Crippen LogP contribution in [0.3, 0.4) is 0 Å². The first kappa shape index (κ1) is 20.3. The summed E-state index contributed by atoms with van der Waals surface area (Å²) >= 11 is 0. The molecule has 2 atom stereocenters. The van der Waals surface area contributed by atoms with Crippen LogP contribution >= 0.6 is 0 Å². The minimum absolute atomic E-state index is 0.0223. The molecule has 2 aliphatic rings. The number of nitrogens with zero attached hydrogens (tertiary/aromatic N) is 2. The lowest BCUT2D eigenvalue weighted by molar-refractivity contribution is -0.136. The van der Waals surface area contributed by atoms with Gasteiger partial charge in [-0.05, 0) is 36.5 Å². The van der Waals surface area contributed by atoms with E-state index >= 15 is 0 Å². The monoisotopic (exact) mass is 411 g/mol. The number of nitrogens with one attached hydrogen (secondary N) is 1. The first-order valence-electron chi connectivity index (χ1n) is 10.5. The number of piperidine rings is 1. The molecule has 2 amide bonds. The standard InChI is InChI=1S/C23H26FN3O3/c24-19-5-2-1-4-17(19)10-11-25-21(28)8-9-22(29)26-13-16-12-18(15-26)20-6-3-7-23(30)27(20)14-16/h1-7,16,18H,8-15H2,(H,25,28)/t16-,18?/m1/s1. The highest BCUT2D eigenvalue weighted by atomic mass is 19.1. The predicted molar refractivity (Wildman–Crippen MR) is 110 cm³/mol. The maximum atomic E-state index is 13.6. The number of amides is 2. The molecule has 1 aromatic heterocycles. The highest BCUT2D eigenvalue weighted by Crippen LogP contribution is 2.35. The van der Waals surface area contributed by atoms with E-state index in [-0.39, 0.29) is 47.9 Å². The molecule has 2 bridgehead atoms. The van der Waals surface area contributed by atoms with E-state index in [0.29, 0.717) is 38.2 Å². The summed E-state index contributed by atoms with van der Waals surface area (Å²) in [6.45, 7) is 2.21. The van der Waals surface area contributed by atoms with E-state index < -0.39 is 0 Å². The van der Waals surface area contributed by atoms with E-state index in [1.807, 2.05) is 15.5 Å². The van der Waals surface area contributed by atoms with E-state index in [0.717, 1.165) is 12.1 Å². The van der Waals surface area contributed by atoms with Gasteiger partial charge in [0.25, 0.3) is 5.56 Å². The Hall–Kier alpha value is -2.96. The Balaban J connectivity index is 1.25. The molecule has 2 aromatic rings.